The van der Waals surface area contributed by atoms with E-state index in [2.05, 4.69) is 0 Å². The molecule has 0 bridgehead atoms. The summed E-state index contributed by atoms with van der Waals surface area (Å²) in [7, 11) is 1.12. The van der Waals surface area contributed by atoms with Crippen molar-refractivity contribution in [3.8, 4) is 0 Å². The van der Waals surface area contributed by atoms with Gasteiger partial charge in [-0.1, -0.05) is 6.92 Å². The predicted molar refractivity (Wildman–Crippen MR) is 29.9 cm³/mol. The summed E-state index contributed by atoms with van der Waals surface area (Å²) in [4.78, 5) is 20.8. The maximum Gasteiger partial charge on any atom is 0.312 e. The Kier molecular flexibility index (Phi) is 2.87. The molecule has 0 aromatic carbocycles. The quantitative estimate of drug-likeness (QED) is 0.321. The molecule has 0 aliphatic heterocycles. The summed E-state index contributed by atoms with van der Waals surface area (Å²) in [5.74, 6) is -1.45. The molecule has 0 aromatic rings. The second-order valence-corrected chi connectivity index (χ2v) is 1.61. The number of nitrogens with zero attached hydrogens (tertiary/aromatic N) is 1. The molecular formula is C5H9NO3. The molecule has 0 radical (unpaired) electrons. The van der Waals surface area contributed by atoms with Crippen LogP contribution in [0.4, 0.5) is 0 Å². The molecule has 0 unspecified atom stereocenters. The molecule has 0 rings (SSSR count). The standard InChI is InChI=1S/C5H9NO3/c1-3-4(7)5(8)6(2)9/h9H,3H2,1-2H3. The van der Waals surface area contributed by atoms with Gasteiger partial charge in [-0.15, -0.1) is 0 Å². The first-order chi connectivity index (χ1) is 4.09. The van der Waals surface area contributed by atoms with Crippen LogP contribution in [0.1, 0.15) is 13.3 Å². The molecule has 0 aliphatic rings. The van der Waals surface area contributed by atoms with Gasteiger partial charge in [-0.05, 0) is 0 Å². The third-order valence-electron chi connectivity index (χ3n) is 0.854. The van der Waals surface area contributed by atoms with Gasteiger partial charge in [0.2, 0.25) is 5.78 Å². The average molecular weight is 131 g/mol. The number of ketones is 1. The minimum absolute atomic E-state index is 0.129. The van der Waals surface area contributed by atoms with Crippen molar-refractivity contribution in [3.63, 3.8) is 0 Å². The van der Waals surface area contributed by atoms with Crippen LogP contribution < -0.4 is 0 Å². The van der Waals surface area contributed by atoms with Gasteiger partial charge < -0.3 is 0 Å². The number of Topliss-reactive ketones (excluding diaryl/α,β-unsaturated/α-hetero) is 1. The van der Waals surface area contributed by atoms with E-state index in [0.29, 0.717) is 0 Å². The van der Waals surface area contributed by atoms with Crippen molar-refractivity contribution >= 4 is 11.7 Å². The minimum atomic E-state index is -0.863. The second-order valence-electron chi connectivity index (χ2n) is 1.61. The zero-order valence-corrected chi connectivity index (χ0v) is 5.42. The fourth-order valence-electron chi connectivity index (χ4n) is 0.332. The Morgan fingerprint density at radius 1 is 1.56 bits per heavy atom. The fraction of sp³-hybridized carbons (Fsp3) is 0.600. The first-order valence-electron chi connectivity index (χ1n) is 2.59. The molecule has 1 amide bonds. The highest BCUT2D eigenvalue weighted by molar-refractivity contribution is 6.35. The van der Waals surface area contributed by atoms with Crippen molar-refractivity contribution < 1.29 is 14.8 Å². The SMILES string of the molecule is CCC(=O)C(=O)N(C)O. The van der Waals surface area contributed by atoms with Gasteiger partial charge in [-0.2, -0.15) is 0 Å². The number of amides is 1. The molecule has 0 heterocycles. The maximum atomic E-state index is 10.4. The van der Waals surface area contributed by atoms with Crippen LogP contribution in [0.25, 0.3) is 0 Å². The van der Waals surface area contributed by atoms with Crippen molar-refractivity contribution in [3.05, 3.63) is 0 Å². The maximum absolute atomic E-state index is 10.4. The van der Waals surface area contributed by atoms with Crippen LogP contribution in [-0.2, 0) is 9.59 Å². The van der Waals surface area contributed by atoms with Gasteiger partial charge in [0.25, 0.3) is 0 Å². The number of likely N-dealkylation sites (N-methyl/N-ethyl adjacent to an activating group) is 1. The van der Waals surface area contributed by atoms with Crippen LogP contribution in [0.15, 0.2) is 0 Å². The second kappa shape index (κ2) is 3.19. The highest BCUT2D eigenvalue weighted by Gasteiger charge is 2.13. The molecule has 4 heteroatoms. The van der Waals surface area contributed by atoms with E-state index < -0.39 is 11.7 Å². The minimum Gasteiger partial charge on any atom is -0.289 e. The molecule has 0 fully saturated rings. The number of hydroxylamine groups is 2. The van der Waals surface area contributed by atoms with Gasteiger partial charge in [0.1, 0.15) is 0 Å². The van der Waals surface area contributed by atoms with Gasteiger partial charge in [0.05, 0.1) is 0 Å². The summed E-state index contributed by atoms with van der Waals surface area (Å²) < 4.78 is 0. The Labute approximate surface area is 53.0 Å². The highest BCUT2D eigenvalue weighted by atomic mass is 16.5. The van der Waals surface area contributed by atoms with Crippen LogP contribution >= 0.6 is 0 Å². The molecule has 1 N–H and O–H groups in total. The van der Waals surface area contributed by atoms with Gasteiger partial charge in [-0.25, -0.2) is 5.06 Å². The van der Waals surface area contributed by atoms with Gasteiger partial charge in [0.15, 0.2) is 0 Å². The Morgan fingerprint density at radius 3 is 2.11 bits per heavy atom. The molecule has 0 saturated heterocycles. The van der Waals surface area contributed by atoms with E-state index in [-0.39, 0.29) is 11.5 Å². The molecule has 0 atom stereocenters. The number of hydrogen-bond donors (Lipinski definition) is 1. The number of carbonyl (C=O) groups excluding carboxylic acids is 2. The summed E-state index contributed by atoms with van der Waals surface area (Å²) in [6.45, 7) is 1.56. The van der Waals surface area contributed by atoms with Crippen LogP contribution in [0.5, 0.6) is 0 Å². The Balaban J connectivity index is 3.89. The molecule has 0 aromatic heterocycles. The van der Waals surface area contributed by atoms with E-state index in [1.54, 1.807) is 6.92 Å². The average Bonchev–Trinajstić information content (AvgIpc) is 1.84. The summed E-state index contributed by atoms with van der Waals surface area (Å²) in [6, 6.07) is 0. The molecule has 0 aliphatic carbocycles. The lowest BCUT2D eigenvalue weighted by Gasteiger charge is -2.04. The van der Waals surface area contributed by atoms with Gasteiger partial charge >= 0.3 is 5.91 Å². The zero-order valence-electron chi connectivity index (χ0n) is 5.42. The molecule has 9 heavy (non-hydrogen) atoms. The van der Waals surface area contributed by atoms with Gasteiger partial charge in [-0.3, -0.25) is 14.8 Å². The lowest BCUT2D eigenvalue weighted by atomic mass is 10.3. The Hall–Kier alpha value is -0.900. The highest BCUT2D eigenvalue weighted by Crippen LogP contribution is 1.85. The molecule has 0 saturated carbocycles. The van der Waals surface area contributed by atoms with E-state index in [1.807, 2.05) is 0 Å². The van der Waals surface area contributed by atoms with Crippen molar-refractivity contribution in [2.45, 2.75) is 13.3 Å². The first kappa shape index (κ1) is 8.10. The number of rotatable bonds is 2. The molecule has 52 valence electrons. The fourth-order valence-corrected chi connectivity index (χ4v) is 0.332. The van der Waals surface area contributed by atoms with E-state index >= 15 is 0 Å². The van der Waals surface area contributed by atoms with E-state index in [4.69, 9.17) is 5.21 Å². The first-order valence-corrected chi connectivity index (χ1v) is 2.59. The topological polar surface area (TPSA) is 57.6 Å². The Bertz CT molecular complexity index is 130. The third kappa shape index (κ3) is 2.23. The van der Waals surface area contributed by atoms with Crippen molar-refractivity contribution in [1.82, 2.24) is 5.06 Å². The normalized spacial score (nSPS) is 8.78. The molecule has 4 nitrogen and oxygen atoms in total. The molecule has 0 spiro atoms. The lowest BCUT2D eigenvalue weighted by Crippen LogP contribution is -2.29. The van der Waals surface area contributed by atoms with Crippen LogP contribution in [0.3, 0.4) is 0 Å². The monoisotopic (exact) mass is 131 g/mol. The van der Waals surface area contributed by atoms with Crippen molar-refractivity contribution in [1.29, 1.82) is 0 Å². The smallest absolute Gasteiger partial charge is 0.289 e. The summed E-state index contributed by atoms with van der Waals surface area (Å²) in [5.41, 5.74) is 0. The molecular weight excluding hydrogens is 122 g/mol. The van der Waals surface area contributed by atoms with E-state index in [1.165, 1.54) is 0 Å². The van der Waals surface area contributed by atoms with Crippen LogP contribution in [-0.4, -0.2) is 29.0 Å². The van der Waals surface area contributed by atoms with Crippen molar-refractivity contribution in [2.24, 2.45) is 0 Å². The van der Waals surface area contributed by atoms with Crippen LogP contribution in [0.2, 0.25) is 0 Å². The van der Waals surface area contributed by atoms with E-state index in [0.717, 1.165) is 7.05 Å². The largest absolute Gasteiger partial charge is 0.312 e. The summed E-state index contributed by atoms with van der Waals surface area (Å²) >= 11 is 0. The van der Waals surface area contributed by atoms with Crippen molar-refractivity contribution in [2.75, 3.05) is 7.05 Å². The number of hydrogen-bond acceptors (Lipinski definition) is 3. The third-order valence-corrected chi connectivity index (χ3v) is 0.854. The van der Waals surface area contributed by atoms with E-state index in [9.17, 15) is 9.59 Å². The summed E-state index contributed by atoms with van der Waals surface area (Å²) in [5, 5.41) is 8.67. The lowest BCUT2D eigenvalue weighted by molar-refractivity contribution is -0.165. The van der Waals surface area contributed by atoms with Gasteiger partial charge in [0, 0.05) is 13.5 Å². The Morgan fingerprint density at radius 2 is 2.00 bits per heavy atom. The summed E-state index contributed by atoms with van der Waals surface area (Å²) in [6.07, 6.45) is 0.129. The zero-order chi connectivity index (χ0) is 7.44. The van der Waals surface area contributed by atoms with Crippen LogP contribution in [0, 0.1) is 0 Å². The predicted octanol–water partition coefficient (Wildman–Crippen LogP) is -0.187. The number of carbonyl (C=O) groups is 2.